The van der Waals surface area contributed by atoms with Crippen molar-refractivity contribution in [2.24, 2.45) is 0 Å². The summed E-state index contributed by atoms with van der Waals surface area (Å²) in [6.07, 6.45) is 8.20. The summed E-state index contributed by atoms with van der Waals surface area (Å²) in [5, 5.41) is 12.2. The minimum atomic E-state index is -3.39. The third kappa shape index (κ3) is 8.86. The number of carbonyl (C=O) groups is 2. The fourth-order valence-corrected chi connectivity index (χ4v) is 6.66. The van der Waals surface area contributed by atoms with Crippen molar-refractivity contribution in [1.82, 2.24) is 10.2 Å². The second-order valence-electron chi connectivity index (χ2n) is 11.7. The number of benzene rings is 2. The van der Waals surface area contributed by atoms with Gasteiger partial charge in [-0.2, -0.15) is 0 Å². The lowest BCUT2D eigenvalue weighted by Gasteiger charge is -2.28. The Labute approximate surface area is 249 Å². The van der Waals surface area contributed by atoms with Gasteiger partial charge in [-0.1, -0.05) is 49.6 Å². The largest absolute Gasteiger partial charge is 0.480 e. The summed E-state index contributed by atoms with van der Waals surface area (Å²) in [5.41, 5.74) is 3.92. The molecule has 42 heavy (non-hydrogen) atoms. The van der Waals surface area contributed by atoms with Gasteiger partial charge in [-0.05, 0) is 67.0 Å². The van der Waals surface area contributed by atoms with Crippen LogP contribution in [-0.4, -0.2) is 86.9 Å². The number of nitrogens with one attached hydrogen (secondary N) is 1. The van der Waals surface area contributed by atoms with Crippen molar-refractivity contribution >= 4 is 21.7 Å². The number of nitrogens with zero attached hydrogens (tertiary/aromatic N) is 1. The smallest absolute Gasteiger partial charge is 0.326 e. The molecule has 2 aromatic rings. The molecule has 3 atom stereocenters. The topological polar surface area (TPSA) is 122 Å². The Morgan fingerprint density at radius 3 is 2.48 bits per heavy atom. The molecule has 10 heteroatoms. The Morgan fingerprint density at radius 2 is 1.81 bits per heavy atom. The third-order valence-electron chi connectivity index (χ3n) is 8.43. The van der Waals surface area contributed by atoms with Crippen LogP contribution in [0.4, 0.5) is 0 Å². The normalized spacial score (nSPS) is 20.8. The summed E-state index contributed by atoms with van der Waals surface area (Å²) >= 11 is 0. The number of aliphatic carboxylic acids is 1. The first-order chi connectivity index (χ1) is 20.0. The molecule has 9 nitrogen and oxygen atoms in total. The fourth-order valence-electron chi connectivity index (χ4n) is 6.00. The lowest BCUT2D eigenvalue weighted by atomic mass is 9.93. The molecule has 1 amide bonds. The number of aryl methyl sites for hydroxylation is 1. The number of amides is 1. The lowest BCUT2D eigenvalue weighted by molar-refractivity contribution is -0.139. The summed E-state index contributed by atoms with van der Waals surface area (Å²) < 4.78 is 35.3. The number of carboxylic acids is 1. The summed E-state index contributed by atoms with van der Waals surface area (Å²) in [5.74, 6) is -2.16. The maximum atomic E-state index is 13.4. The van der Waals surface area contributed by atoms with Crippen LogP contribution in [0.25, 0.3) is 11.1 Å². The monoisotopic (exact) mass is 600 g/mol. The Balaban J connectivity index is 1.57. The van der Waals surface area contributed by atoms with Crippen molar-refractivity contribution in [3.8, 4) is 11.1 Å². The van der Waals surface area contributed by atoms with Crippen LogP contribution in [0.2, 0.25) is 0 Å². The number of rotatable bonds is 13. The van der Waals surface area contributed by atoms with E-state index in [1.165, 1.54) is 19.3 Å². The van der Waals surface area contributed by atoms with Crippen LogP contribution < -0.4 is 5.32 Å². The quantitative estimate of drug-likeness (QED) is 0.351. The molecule has 230 valence electrons. The van der Waals surface area contributed by atoms with Gasteiger partial charge >= 0.3 is 5.97 Å². The average Bonchev–Trinajstić information content (AvgIpc) is 3.35. The summed E-state index contributed by atoms with van der Waals surface area (Å²) in [6, 6.07) is 12.3. The van der Waals surface area contributed by atoms with Crippen molar-refractivity contribution in [1.29, 1.82) is 0 Å². The standard InChI is InChI=1S/C32H44N2O7S/c1-22-9-7-8-12-27(22)29-17-23(13-14-28(29)31(35)33-30(32(36)37)15-16-42(3,38)39)19-34-20-26(40-2)18-24(34)21-41-25-10-5-4-6-11-25/h7-9,12-14,17,24-26,30H,4-6,10-11,15-16,18-21H2,1-3H3,(H,33,35)(H,36,37)/t24-,26?,30+/m1/s1. The molecule has 1 aliphatic carbocycles. The van der Waals surface area contributed by atoms with E-state index in [4.69, 9.17) is 9.47 Å². The number of ether oxygens (including phenoxy) is 2. The zero-order chi connectivity index (χ0) is 30.3. The first-order valence-corrected chi connectivity index (χ1v) is 16.9. The van der Waals surface area contributed by atoms with E-state index in [0.29, 0.717) is 30.4 Å². The highest BCUT2D eigenvalue weighted by atomic mass is 32.2. The number of carboxylic acid groups (broad SMARTS) is 1. The Bertz CT molecular complexity index is 1340. The van der Waals surface area contributed by atoms with Crippen molar-refractivity contribution in [2.45, 2.75) is 82.7 Å². The Morgan fingerprint density at radius 1 is 1.07 bits per heavy atom. The highest BCUT2D eigenvalue weighted by Crippen LogP contribution is 2.31. The van der Waals surface area contributed by atoms with Gasteiger partial charge in [0.1, 0.15) is 15.9 Å². The molecule has 2 aliphatic rings. The van der Waals surface area contributed by atoms with E-state index < -0.39 is 27.8 Å². The molecule has 0 spiro atoms. The van der Waals surface area contributed by atoms with Gasteiger partial charge in [-0.3, -0.25) is 9.69 Å². The molecule has 2 fully saturated rings. The molecule has 4 rings (SSSR count). The molecule has 2 aromatic carbocycles. The van der Waals surface area contributed by atoms with E-state index >= 15 is 0 Å². The van der Waals surface area contributed by atoms with Gasteiger partial charge in [-0.15, -0.1) is 0 Å². The van der Waals surface area contributed by atoms with Crippen LogP contribution in [0, 0.1) is 6.92 Å². The van der Waals surface area contributed by atoms with E-state index in [1.807, 2.05) is 43.3 Å². The van der Waals surface area contributed by atoms with E-state index in [0.717, 1.165) is 48.8 Å². The van der Waals surface area contributed by atoms with Gasteiger partial charge in [0.15, 0.2) is 0 Å². The summed E-state index contributed by atoms with van der Waals surface area (Å²) in [7, 11) is -1.64. The van der Waals surface area contributed by atoms with Crippen LogP contribution in [0.3, 0.4) is 0 Å². The van der Waals surface area contributed by atoms with Gasteiger partial charge in [0.2, 0.25) is 0 Å². The van der Waals surface area contributed by atoms with Crippen molar-refractivity contribution in [3.05, 3.63) is 59.2 Å². The van der Waals surface area contributed by atoms with Gasteiger partial charge in [0.05, 0.1) is 24.6 Å². The number of sulfone groups is 1. The Hall–Kier alpha value is -2.79. The predicted molar refractivity (Wildman–Crippen MR) is 162 cm³/mol. The zero-order valence-corrected chi connectivity index (χ0v) is 25.7. The Kier molecular flexibility index (Phi) is 11.2. The van der Waals surface area contributed by atoms with Gasteiger partial charge in [0.25, 0.3) is 5.91 Å². The van der Waals surface area contributed by atoms with Crippen LogP contribution in [0.1, 0.15) is 66.4 Å². The minimum absolute atomic E-state index is 0.130. The average molecular weight is 601 g/mol. The van der Waals surface area contributed by atoms with Crippen LogP contribution in [0.5, 0.6) is 0 Å². The molecule has 0 radical (unpaired) electrons. The zero-order valence-electron chi connectivity index (χ0n) is 24.9. The van der Waals surface area contributed by atoms with Crippen molar-refractivity contribution in [3.63, 3.8) is 0 Å². The number of likely N-dealkylation sites (tertiary alicyclic amines) is 1. The van der Waals surface area contributed by atoms with E-state index in [-0.39, 0.29) is 24.3 Å². The van der Waals surface area contributed by atoms with Crippen molar-refractivity contribution < 1.29 is 32.6 Å². The molecule has 0 aromatic heterocycles. The van der Waals surface area contributed by atoms with E-state index in [1.54, 1.807) is 13.2 Å². The molecule has 0 bridgehead atoms. The van der Waals surface area contributed by atoms with Gasteiger partial charge < -0.3 is 19.9 Å². The molecular weight excluding hydrogens is 556 g/mol. The highest BCUT2D eigenvalue weighted by Gasteiger charge is 2.33. The maximum absolute atomic E-state index is 13.4. The second-order valence-corrected chi connectivity index (χ2v) is 14.0. The predicted octanol–water partition coefficient (Wildman–Crippen LogP) is 4.22. The maximum Gasteiger partial charge on any atom is 0.326 e. The number of carbonyl (C=O) groups excluding carboxylic acids is 1. The van der Waals surface area contributed by atoms with Crippen LogP contribution in [-0.2, 0) is 30.7 Å². The summed E-state index contributed by atoms with van der Waals surface area (Å²) in [6.45, 7) is 4.08. The number of methoxy groups -OCH3 is 1. The molecule has 1 saturated heterocycles. The molecule has 1 heterocycles. The SMILES string of the molecule is COC1C[C@H](COC2CCCCC2)N(Cc2ccc(C(=O)N[C@@H](CCS(C)(=O)=O)C(=O)O)c(-c3ccccc3C)c2)C1. The molecule has 2 N–H and O–H groups in total. The second kappa shape index (κ2) is 14.6. The molecule has 1 saturated carbocycles. The number of hydrogen-bond donors (Lipinski definition) is 2. The highest BCUT2D eigenvalue weighted by molar-refractivity contribution is 7.90. The fraction of sp³-hybridized carbons (Fsp3) is 0.562. The first-order valence-electron chi connectivity index (χ1n) is 14.8. The van der Waals surface area contributed by atoms with E-state index in [2.05, 4.69) is 10.2 Å². The first kappa shape index (κ1) is 32.1. The lowest BCUT2D eigenvalue weighted by Crippen LogP contribution is -2.42. The van der Waals surface area contributed by atoms with Crippen molar-refractivity contribution in [2.75, 3.05) is 32.3 Å². The van der Waals surface area contributed by atoms with Gasteiger partial charge in [-0.25, -0.2) is 13.2 Å². The van der Waals surface area contributed by atoms with Crippen LogP contribution >= 0.6 is 0 Å². The molecular formula is C32H44N2O7S. The summed E-state index contributed by atoms with van der Waals surface area (Å²) in [4.78, 5) is 27.7. The van der Waals surface area contributed by atoms with E-state index in [9.17, 15) is 23.1 Å². The third-order valence-corrected chi connectivity index (χ3v) is 9.41. The molecule has 1 unspecified atom stereocenters. The van der Waals surface area contributed by atoms with Crippen LogP contribution in [0.15, 0.2) is 42.5 Å². The van der Waals surface area contributed by atoms with Gasteiger partial charge in [0, 0.05) is 38.1 Å². The minimum Gasteiger partial charge on any atom is -0.480 e. The number of hydrogen-bond acceptors (Lipinski definition) is 7. The molecule has 1 aliphatic heterocycles.